The number of carbonyl (C=O) groups excluding carboxylic acids is 1. The smallest absolute Gasteiger partial charge is 0.253 e. The fraction of sp³-hybridized carbons (Fsp3) is 0.500. The Bertz CT molecular complexity index is 853. The van der Waals surface area contributed by atoms with E-state index in [1.807, 2.05) is 42.9 Å². The predicted octanol–water partition coefficient (Wildman–Crippen LogP) is 2.08. The van der Waals surface area contributed by atoms with Gasteiger partial charge in [-0.05, 0) is 56.9 Å². The second-order valence-electron chi connectivity index (χ2n) is 7.36. The number of aryl methyl sites for hydroxylation is 2. The Kier molecular flexibility index (Phi) is 8.24. The summed E-state index contributed by atoms with van der Waals surface area (Å²) >= 11 is 0. The number of amides is 1. The van der Waals surface area contributed by atoms with Gasteiger partial charge < -0.3 is 15.5 Å². The molecule has 1 amide bonds. The lowest BCUT2D eigenvalue weighted by Crippen LogP contribution is -2.38. The highest BCUT2D eigenvalue weighted by atomic mass is 16.2. The number of benzene rings is 1. The summed E-state index contributed by atoms with van der Waals surface area (Å²) < 4.78 is 1.92. The SMILES string of the molecule is CCNC(=NCCc1c(C)nn(C)c1C)NCCc1cccc(C(=O)N(C)C)c1. The van der Waals surface area contributed by atoms with Crippen molar-refractivity contribution in [2.24, 2.45) is 12.0 Å². The monoisotopic (exact) mass is 398 g/mol. The maximum absolute atomic E-state index is 12.1. The average Bonchev–Trinajstić information content (AvgIpc) is 2.93. The van der Waals surface area contributed by atoms with Gasteiger partial charge in [-0.2, -0.15) is 5.10 Å². The van der Waals surface area contributed by atoms with Crippen molar-refractivity contribution in [3.63, 3.8) is 0 Å². The first-order valence-electron chi connectivity index (χ1n) is 10.1. The fourth-order valence-corrected chi connectivity index (χ4v) is 3.24. The zero-order chi connectivity index (χ0) is 21.4. The molecule has 2 rings (SSSR count). The number of carbonyl (C=O) groups is 1. The molecule has 0 aliphatic carbocycles. The third kappa shape index (κ3) is 6.34. The van der Waals surface area contributed by atoms with Crippen molar-refractivity contribution in [2.45, 2.75) is 33.6 Å². The van der Waals surface area contributed by atoms with Crippen LogP contribution in [0.2, 0.25) is 0 Å². The van der Waals surface area contributed by atoms with Crippen LogP contribution < -0.4 is 10.6 Å². The van der Waals surface area contributed by atoms with Gasteiger partial charge in [0.1, 0.15) is 0 Å². The zero-order valence-electron chi connectivity index (χ0n) is 18.5. The molecule has 7 nitrogen and oxygen atoms in total. The summed E-state index contributed by atoms with van der Waals surface area (Å²) in [6.07, 6.45) is 1.69. The maximum atomic E-state index is 12.1. The molecule has 29 heavy (non-hydrogen) atoms. The summed E-state index contributed by atoms with van der Waals surface area (Å²) in [4.78, 5) is 18.4. The van der Waals surface area contributed by atoms with Crippen LogP contribution in [0.4, 0.5) is 0 Å². The van der Waals surface area contributed by atoms with E-state index in [9.17, 15) is 4.79 Å². The molecule has 0 aliphatic heterocycles. The fourth-order valence-electron chi connectivity index (χ4n) is 3.24. The van der Waals surface area contributed by atoms with Crippen LogP contribution in [-0.2, 0) is 19.9 Å². The molecule has 7 heteroatoms. The molecule has 1 aromatic carbocycles. The first-order valence-corrected chi connectivity index (χ1v) is 10.1. The van der Waals surface area contributed by atoms with Gasteiger partial charge in [-0.15, -0.1) is 0 Å². The summed E-state index contributed by atoms with van der Waals surface area (Å²) in [5.74, 6) is 0.836. The molecule has 0 saturated heterocycles. The Balaban J connectivity index is 1.91. The highest BCUT2D eigenvalue weighted by Crippen LogP contribution is 2.12. The lowest BCUT2D eigenvalue weighted by Gasteiger charge is -2.13. The summed E-state index contributed by atoms with van der Waals surface area (Å²) in [5.41, 5.74) is 5.39. The van der Waals surface area contributed by atoms with Gasteiger partial charge in [0.25, 0.3) is 5.91 Å². The van der Waals surface area contributed by atoms with Gasteiger partial charge in [-0.1, -0.05) is 12.1 Å². The van der Waals surface area contributed by atoms with E-state index in [0.29, 0.717) is 6.54 Å². The van der Waals surface area contributed by atoms with Gasteiger partial charge in [0.2, 0.25) is 0 Å². The Morgan fingerprint density at radius 1 is 1.21 bits per heavy atom. The molecule has 0 saturated carbocycles. The van der Waals surface area contributed by atoms with Gasteiger partial charge in [0.15, 0.2) is 5.96 Å². The number of aromatic nitrogens is 2. The number of nitrogens with zero attached hydrogens (tertiary/aromatic N) is 4. The molecule has 1 heterocycles. The minimum Gasteiger partial charge on any atom is -0.357 e. The lowest BCUT2D eigenvalue weighted by atomic mass is 10.1. The van der Waals surface area contributed by atoms with Crippen LogP contribution in [-0.4, -0.2) is 60.3 Å². The Morgan fingerprint density at radius 3 is 2.59 bits per heavy atom. The molecule has 2 N–H and O–H groups in total. The molecule has 158 valence electrons. The number of guanidine groups is 1. The minimum atomic E-state index is 0.0238. The molecule has 1 aromatic heterocycles. The standard InChI is InChI=1S/C22H34N6O/c1-7-23-22(25-14-12-20-16(2)26-28(6)17(20)3)24-13-11-18-9-8-10-19(15-18)21(29)27(4)5/h8-10,15H,7,11-14H2,1-6H3,(H2,23,24,25). The molecule has 0 atom stereocenters. The Hall–Kier alpha value is -2.83. The molecule has 0 aliphatic rings. The van der Waals surface area contributed by atoms with E-state index in [4.69, 9.17) is 4.99 Å². The third-order valence-electron chi connectivity index (χ3n) is 4.92. The van der Waals surface area contributed by atoms with E-state index in [2.05, 4.69) is 29.6 Å². The van der Waals surface area contributed by atoms with Crippen LogP contribution in [0.3, 0.4) is 0 Å². The summed E-state index contributed by atoms with van der Waals surface area (Å²) in [5, 5.41) is 11.1. The summed E-state index contributed by atoms with van der Waals surface area (Å²) in [6.45, 7) is 8.46. The maximum Gasteiger partial charge on any atom is 0.253 e. The van der Waals surface area contributed by atoms with Gasteiger partial charge in [-0.25, -0.2) is 0 Å². The van der Waals surface area contributed by atoms with E-state index in [-0.39, 0.29) is 5.91 Å². The third-order valence-corrected chi connectivity index (χ3v) is 4.92. The van der Waals surface area contributed by atoms with E-state index < -0.39 is 0 Å². The molecule has 0 bridgehead atoms. The molecule has 0 spiro atoms. The van der Waals surface area contributed by atoms with Crippen molar-refractivity contribution in [3.05, 3.63) is 52.3 Å². The van der Waals surface area contributed by atoms with Crippen molar-refractivity contribution in [3.8, 4) is 0 Å². The molecule has 0 fully saturated rings. The largest absolute Gasteiger partial charge is 0.357 e. The quantitative estimate of drug-likeness (QED) is 0.527. The van der Waals surface area contributed by atoms with Gasteiger partial charge in [0.05, 0.1) is 5.69 Å². The zero-order valence-corrected chi connectivity index (χ0v) is 18.5. The van der Waals surface area contributed by atoms with E-state index in [0.717, 1.165) is 48.7 Å². The molecule has 0 radical (unpaired) electrons. The minimum absolute atomic E-state index is 0.0238. The van der Waals surface area contributed by atoms with Crippen LogP contribution >= 0.6 is 0 Å². The van der Waals surface area contributed by atoms with Gasteiger partial charge in [0, 0.05) is 52.0 Å². The van der Waals surface area contributed by atoms with Crippen LogP contribution in [0.15, 0.2) is 29.3 Å². The first-order chi connectivity index (χ1) is 13.8. The molecule has 0 unspecified atom stereocenters. The van der Waals surface area contributed by atoms with Crippen molar-refractivity contribution in [2.75, 3.05) is 33.7 Å². The van der Waals surface area contributed by atoms with E-state index >= 15 is 0 Å². The normalized spacial score (nSPS) is 11.4. The second-order valence-corrected chi connectivity index (χ2v) is 7.36. The Labute approximate surface area is 174 Å². The van der Waals surface area contributed by atoms with Crippen molar-refractivity contribution >= 4 is 11.9 Å². The number of hydrogen-bond donors (Lipinski definition) is 2. The van der Waals surface area contributed by atoms with E-state index in [1.165, 1.54) is 11.3 Å². The van der Waals surface area contributed by atoms with E-state index in [1.54, 1.807) is 19.0 Å². The predicted molar refractivity (Wildman–Crippen MR) is 119 cm³/mol. The molecule has 2 aromatic rings. The summed E-state index contributed by atoms with van der Waals surface area (Å²) in [7, 11) is 5.51. The van der Waals surface area contributed by atoms with Crippen molar-refractivity contribution < 1.29 is 4.79 Å². The number of nitrogens with one attached hydrogen (secondary N) is 2. The molecular weight excluding hydrogens is 364 g/mol. The highest BCUT2D eigenvalue weighted by molar-refractivity contribution is 5.94. The highest BCUT2D eigenvalue weighted by Gasteiger charge is 2.09. The first kappa shape index (κ1) is 22.5. The number of hydrogen-bond acceptors (Lipinski definition) is 3. The number of rotatable bonds is 8. The topological polar surface area (TPSA) is 74.5 Å². The Morgan fingerprint density at radius 2 is 1.97 bits per heavy atom. The lowest BCUT2D eigenvalue weighted by molar-refractivity contribution is 0.0827. The van der Waals surface area contributed by atoms with Gasteiger partial charge >= 0.3 is 0 Å². The average molecular weight is 399 g/mol. The van der Waals surface area contributed by atoms with Crippen molar-refractivity contribution in [1.29, 1.82) is 0 Å². The van der Waals surface area contributed by atoms with Crippen molar-refractivity contribution in [1.82, 2.24) is 25.3 Å². The second kappa shape index (κ2) is 10.6. The summed E-state index contributed by atoms with van der Waals surface area (Å²) in [6, 6.07) is 7.80. The van der Waals surface area contributed by atoms with Crippen LogP contribution in [0.1, 0.15) is 39.8 Å². The van der Waals surface area contributed by atoms with Gasteiger partial charge in [-0.3, -0.25) is 14.5 Å². The van der Waals surface area contributed by atoms with Crippen LogP contribution in [0.25, 0.3) is 0 Å². The molecular formula is C22H34N6O. The van der Waals surface area contributed by atoms with Crippen LogP contribution in [0, 0.1) is 13.8 Å². The number of aliphatic imine (C=N–C) groups is 1. The van der Waals surface area contributed by atoms with Crippen LogP contribution in [0.5, 0.6) is 0 Å².